The summed E-state index contributed by atoms with van der Waals surface area (Å²) >= 11 is 5.77. The Labute approximate surface area is 114 Å². The van der Waals surface area contributed by atoms with Crippen molar-refractivity contribution in [3.05, 3.63) is 56.0 Å². The van der Waals surface area contributed by atoms with Crippen molar-refractivity contribution in [3.63, 3.8) is 0 Å². The summed E-state index contributed by atoms with van der Waals surface area (Å²) in [7, 11) is 3.05. The van der Waals surface area contributed by atoms with E-state index in [0.29, 0.717) is 16.5 Å². The van der Waals surface area contributed by atoms with Crippen LogP contribution in [0.3, 0.4) is 0 Å². The highest BCUT2D eigenvalue weighted by atomic mass is 35.5. The van der Waals surface area contributed by atoms with Gasteiger partial charge in [-0.15, -0.1) is 0 Å². The zero-order valence-corrected chi connectivity index (χ0v) is 11.3. The Balaban J connectivity index is 2.26. The average Bonchev–Trinajstić information content (AvgIpc) is 2.39. The molecule has 0 aliphatic carbocycles. The minimum absolute atomic E-state index is 0.272. The molecule has 0 saturated heterocycles. The van der Waals surface area contributed by atoms with Gasteiger partial charge in [0.25, 0.3) is 5.56 Å². The molecule has 1 N–H and O–H groups in total. The third-order valence-corrected chi connectivity index (χ3v) is 2.90. The number of rotatable bonds is 3. The van der Waals surface area contributed by atoms with E-state index in [1.165, 1.54) is 17.8 Å². The van der Waals surface area contributed by atoms with Crippen molar-refractivity contribution < 1.29 is 0 Å². The van der Waals surface area contributed by atoms with Gasteiger partial charge in [-0.25, -0.2) is 9.78 Å². The van der Waals surface area contributed by atoms with E-state index in [-0.39, 0.29) is 17.8 Å². The smallest absolute Gasteiger partial charge is 0.330 e. The Morgan fingerprint density at radius 3 is 2.74 bits per heavy atom. The van der Waals surface area contributed by atoms with Crippen LogP contribution in [0.4, 0.5) is 5.82 Å². The van der Waals surface area contributed by atoms with Gasteiger partial charge >= 0.3 is 5.69 Å². The molecule has 0 aromatic carbocycles. The first kappa shape index (κ1) is 13.4. The predicted octanol–water partition coefficient (Wildman–Crippen LogP) is 0.744. The zero-order valence-electron chi connectivity index (χ0n) is 10.6. The summed E-state index contributed by atoms with van der Waals surface area (Å²) in [6, 6.07) is 5.17. The molecule has 2 aromatic rings. The maximum absolute atomic E-state index is 11.9. The third kappa shape index (κ3) is 2.85. The second-order valence-electron chi connectivity index (χ2n) is 4.11. The molecule has 0 amide bonds. The molecule has 19 heavy (non-hydrogen) atoms. The lowest BCUT2D eigenvalue weighted by Gasteiger charge is -2.08. The number of nitrogens with zero attached hydrogens (tertiary/aromatic N) is 3. The van der Waals surface area contributed by atoms with Gasteiger partial charge in [-0.05, 0) is 12.1 Å². The van der Waals surface area contributed by atoms with Crippen LogP contribution in [0.2, 0.25) is 5.15 Å². The van der Waals surface area contributed by atoms with Gasteiger partial charge in [0.05, 0.1) is 5.56 Å². The molecule has 0 aliphatic rings. The highest BCUT2D eigenvalue weighted by molar-refractivity contribution is 6.29. The van der Waals surface area contributed by atoms with Gasteiger partial charge in [0.1, 0.15) is 11.0 Å². The number of aromatic nitrogens is 3. The van der Waals surface area contributed by atoms with Gasteiger partial charge in [0.2, 0.25) is 0 Å². The molecule has 0 fully saturated rings. The van der Waals surface area contributed by atoms with Crippen LogP contribution >= 0.6 is 11.6 Å². The summed E-state index contributed by atoms with van der Waals surface area (Å²) in [5.74, 6) is 0.573. The van der Waals surface area contributed by atoms with Crippen molar-refractivity contribution in [2.24, 2.45) is 14.1 Å². The van der Waals surface area contributed by atoms with Crippen LogP contribution in [0.1, 0.15) is 5.56 Å². The number of pyridine rings is 1. The van der Waals surface area contributed by atoms with Gasteiger partial charge in [-0.1, -0.05) is 17.7 Å². The number of hydrogen-bond acceptors (Lipinski definition) is 4. The SMILES string of the molecule is Cn1cc(CNc2cccc(Cl)n2)c(=O)n(C)c1=O. The standard InChI is InChI=1S/C12H13ClN4O2/c1-16-7-8(11(18)17(2)12(16)19)6-14-10-5-3-4-9(13)15-10/h3-5,7H,6H2,1-2H3,(H,14,15). The van der Waals surface area contributed by atoms with Crippen LogP contribution in [0, 0.1) is 0 Å². The molecule has 0 spiro atoms. The van der Waals surface area contributed by atoms with Crippen molar-refractivity contribution in [3.8, 4) is 0 Å². The largest absolute Gasteiger partial charge is 0.366 e. The molecule has 0 radical (unpaired) electrons. The van der Waals surface area contributed by atoms with E-state index in [4.69, 9.17) is 11.6 Å². The maximum atomic E-state index is 11.9. The Bertz CT molecular complexity index is 720. The Hall–Kier alpha value is -2.08. The quantitative estimate of drug-likeness (QED) is 0.842. The molecular weight excluding hydrogens is 268 g/mol. The molecule has 2 rings (SSSR count). The fourth-order valence-electron chi connectivity index (χ4n) is 1.70. The molecule has 0 saturated carbocycles. The summed E-state index contributed by atoms with van der Waals surface area (Å²) in [6.45, 7) is 0.272. The van der Waals surface area contributed by atoms with Gasteiger partial charge in [-0.2, -0.15) is 0 Å². The molecule has 6 nitrogen and oxygen atoms in total. The van der Waals surface area contributed by atoms with E-state index in [1.807, 2.05) is 0 Å². The molecular formula is C12H13ClN4O2. The van der Waals surface area contributed by atoms with Crippen molar-refractivity contribution in [2.75, 3.05) is 5.32 Å². The van der Waals surface area contributed by atoms with E-state index in [0.717, 1.165) is 4.57 Å². The van der Waals surface area contributed by atoms with E-state index < -0.39 is 0 Å². The Morgan fingerprint density at radius 1 is 1.32 bits per heavy atom. The summed E-state index contributed by atoms with van der Waals surface area (Å²) in [4.78, 5) is 27.5. The summed E-state index contributed by atoms with van der Waals surface area (Å²) in [6.07, 6.45) is 1.52. The summed E-state index contributed by atoms with van der Waals surface area (Å²) in [5, 5.41) is 3.37. The Kier molecular flexibility index (Phi) is 3.71. The molecule has 0 aliphatic heterocycles. The van der Waals surface area contributed by atoms with Gasteiger partial charge in [-0.3, -0.25) is 9.36 Å². The van der Waals surface area contributed by atoms with Gasteiger partial charge in [0.15, 0.2) is 0 Å². The van der Waals surface area contributed by atoms with Crippen molar-refractivity contribution >= 4 is 17.4 Å². The molecule has 0 atom stereocenters. The minimum Gasteiger partial charge on any atom is -0.366 e. The second-order valence-corrected chi connectivity index (χ2v) is 4.50. The van der Waals surface area contributed by atoms with Gasteiger partial charge in [0, 0.05) is 26.8 Å². The fourth-order valence-corrected chi connectivity index (χ4v) is 1.86. The zero-order chi connectivity index (χ0) is 14.0. The lowest BCUT2D eigenvalue weighted by atomic mass is 10.3. The van der Waals surface area contributed by atoms with E-state index in [9.17, 15) is 9.59 Å². The normalized spacial score (nSPS) is 10.5. The first-order valence-corrected chi connectivity index (χ1v) is 5.99. The molecule has 2 aromatic heterocycles. The summed E-state index contributed by atoms with van der Waals surface area (Å²) in [5.41, 5.74) is -0.196. The number of hydrogen-bond donors (Lipinski definition) is 1. The van der Waals surface area contributed by atoms with Crippen LogP contribution in [0.25, 0.3) is 0 Å². The highest BCUT2D eigenvalue weighted by Gasteiger charge is 2.06. The van der Waals surface area contributed by atoms with Crippen LogP contribution < -0.4 is 16.6 Å². The lowest BCUT2D eigenvalue weighted by molar-refractivity contribution is 0.671. The molecule has 0 unspecified atom stereocenters. The predicted molar refractivity (Wildman–Crippen MR) is 73.5 cm³/mol. The van der Waals surface area contributed by atoms with Crippen LogP contribution in [0.5, 0.6) is 0 Å². The highest BCUT2D eigenvalue weighted by Crippen LogP contribution is 2.09. The average molecular weight is 281 g/mol. The molecule has 0 bridgehead atoms. The number of aryl methyl sites for hydroxylation is 1. The van der Waals surface area contributed by atoms with Crippen LogP contribution in [-0.4, -0.2) is 14.1 Å². The summed E-state index contributed by atoms with van der Waals surface area (Å²) < 4.78 is 2.44. The lowest BCUT2D eigenvalue weighted by Crippen LogP contribution is -2.38. The number of nitrogens with one attached hydrogen (secondary N) is 1. The molecule has 2 heterocycles. The minimum atomic E-state index is -0.352. The van der Waals surface area contributed by atoms with Crippen molar-refractivity contribution in [1.29, 1.82) is 0 Å². The second kappa shape index (κ2) is 5.27. The maximum Gasteiger partial charge on any atom is 0.330 e. The monoisotopic (exact) mass is 280 g/mol. The van der Waals surface area contributed by atoms with Gasteiger partial charge < -0.3 is 9.88 Å². The molecule has 7 heteroatoms. The molecule has 100 valence electrons. The Morgan fingerprint density at radius 2 is 2.05 bits per heavy atom. The number of halogens is 1. The first-order chi connectivity index (χ1) is 8.99. The fraction of sp³-hybridized carbons (Fsp3) is 0.250. The van der Waals surface area contributed by atoms with Crippen molar-refractivity contribution in [1.82, 2.24) is 14.1 Å². The van der Waals surface area contributed by atoms with E-state index >= 15 is 0 Å². The van der Waals surface area contributed by atoms with Crippen LogP contribution in [-0.2, 0) is 20.6 Å². The third-order valence-electron chi connectivity index (χ3n) is 2.69. The van der Waals surface area contributed by atoms with Crippen molar-refractivity contribution in [2.45, 2.75) is 6.54 Å². The number of anilines is 1. The first-order valence-electron chi connectivity index (χ1n) is 5.61. The van der Waals surface area contributed by atoms with E-state index in [1.54, 1.807) is 25.2 Å². The topological polar surface area (TPSA) is 68.9 Å². The van der Waals surface area contributed by atoms with Crippen LogP contribution in [0.15, 0.2) is 34.0 Å². The van der Waals surface area contributed by atoms with E-state index in [2.05, 4.69) is 10.3 Å².